The average molecular weight is 266 g/mol. The van der Waals surface area contributed by atoms with E-state index in [1.54, 1.807) is 0 Å². The van der Waals surface area contributed by atoms with Crippen LogP contribution in [0.2, 0.25) is 0 Å². The van der Waals surface area contributed by atoms with Crippen molar-refractivity contribution < 1.29 is 14.9 Å². The number of aliphatic hydroxyl groups is 2. The van der Waals surface area contributed by atoms with Crippen LogP contribution in [-0.4, -0.2) is 29.0 Å². The molecular formula is C16H26O3. The number of benzene rings is 1. The summed E-state index contributed by atoms with van der Waals surface area (Å²) < 4.78 is 5.58. The molecule has 1 rings (SSSR count). The van der Waals surface area contributed by atoms with Gasteiger partial charge >= 0.3 is 0 Å². The van der Waals surface area contributed by atoms with Crippen molar-refractivity contribution in [2.24, 2.45) is 0 Å². The smallest absolute Gasteiger partial charge is 0.119 e. The number of hydrogen-bond acceptors (Lipinski definition) is 3. The predicted octanol–water partition coefficient (Wildman–Crippen LogP) is 2.85. The van der Waals surface area contributed by atoms with Crippen LogP contribution in [0.15, 0.2) is 18.2 Å². The SMILES string of the molecule is CCCOc1ccc(CCC(O)C(O)CC)c(C)c1. The Morgan fingerprint density at radius 3 is 2.47 bits per heavy atom. The fourth-order valence-electron chi connectivity index (χ4n) is 2.03. The molecule has 1 aromatic rings. The molecule has 0 bridgehead atoms. The molecule has 0 aromatic heterocycles. The van der Waals surface area contributed by atoms with Gasteiger partial charge in [-0.25, -0.2) is 0 Å². The Balaban J connectivity index is 2.55. The van der Waals surface area contributed by atoms with Crippen LogP contribution in [0, 0.1) is 6.92 Å². The fourth-order valence-corrected chi connectivity index (χ4v) is 2.03. The third-order valence-corrected chi connectivity index (χ3v) is 3.36. The summed E-state index contributed by atoms with van der Waals surface area (Å²) in [4.78, 5) is 0. The quantitative estimate of drug-likeness (QED) is 0.760. The van der Waals surface area contributed by atoms with Gasteiger partial charge in [0, 0.05) is 0 Å². The molecule has 0 heterocycles. The molecule has 1 aromatic carbocycles. The summed E-state index contributed by atoms with van der Waals surface area (Å²) in [5.41, 5.74) is 2.37. The average Bonchev–Trinajstić information content (AvgIpc) is 2.42. The molecule has 2 N–H and O–H groups in total. The third kappa shape index (κ3) is 5.21. The zero-order chi connectivity index (χ0) is 14.3. The van der Waals surface area contributed by atoms with Crippen molar-refractivity contribution in [1.29, 1.82) is 0 Å². The van der Waals surface area contributed by atoms with E-state index in [4.69, 9.17) is 4.74 Å². The Kier molecular flexibility index (Phi) is 6.89. The van der Waals surface area contributed by atoms with Gasteiger partial charge in [0.05, 0.1) is 18.8 Å². The highest BCUT2D eigenvalue weighted by molar-refractivity contribution is 5.34. The maximum atomic E-state index is 9.77. The highest BCUT2D eigenvalue weighted by Gasteiger charge is 2.14. The minimum absolute atomic E-state index is 0.587. The van der Waals surface area contributed by atoms with Gasteiger partial charge in [0.15, 0.2) is 0 Å². The third-order valence-electron chi connectivity index (χ3n) is 3.36. The number of hydrogen-bond donors (Lipinski definition) is 2. The molecule has 0 aliphatic carbocycles. The van der Waals surface area contributed by atoms with Crippen molar-refractivity contribution in [2.75, 3.05) is 6.61 Å². The summed E-state index contributed by atoms with van der Waals surface area (Å²) in [6, 6.07) is 6.06. The first kappa shape index (κ1) is 16.0. The van der Waals surface area contributed by atoms with Crippen LogP contribution >= 0.6 is 0 Å². The van der Waals surface area contributed by atoms with Crippen molar-refractivity contribution in [3.8, 4) is 5.75 Å². The lowest BCUT2D eigenvalue weighted by molar-refractivity contribution is 0.0130. The number of ether oxygens (including phenoxy) is 1. The van der Waals surface area contributed by atoms with Crippen LogP contribution in [0.25, 0.3) is 0 Å². The van der Waals surface area contributed by atoms with Crippen molar-refractivity contribution in [3.63, 3.8) is 0 Å². The molecule has 0 amide bonds. The lowest BCUT2D eigenvalue weighted by Gasteiger charge is -2.16. The molecule has 0 fully saturated rings. The summed E-state index contributed by atoms with van der Waals surface area (Å²) >= 11 is 0. The highest BCUT2D eigenvalue weighted by Crippen LogP contribution is 2.19. The zero-order valence-electron chi connectivity index (χ0n) is 12.2. The fraction of sp³-hybridized carbons (Fsp3) is 0.625. The maximum Gasteiger partial charge on any atom is 0.119 e. The first-order valence-electron chi connectivity index (χ1n) is 7.16. The molecule has 2 unspecified atom stereocenters. The van der Waals surface area contributed by atoms with Crippen molar-refractivity contribution in [1.82, 2.24) is 0 Å². The molecule has 2 atom stereocenters. The Hall–Kier alpha value is -1.06. The summed E-state index contributed by atoms with van der Waals surface area (Å²) in [5.74, 6) is 0.900. The Morgan fingerprint density at radius 2 is 1.89 bits per heavy atom. The van der Waals surface area contributed by atoms with Crippen LogP contribution in [0.4, 0.5) is 0 Å². The van der Waals surface area contributed by atoms with Gasteiger partial charge in [-0.3, -0.25) is 0 Å². The first-order valence-corrected chi connectivity index (χ1v) is 7.16. The van der Waals surface area contributed by atoms with Crippen molar-refractivity contribution in [2.45, 2.75) is 58.7 Å². The van der Waals surface area contributed by atoms with Gasteiger partial charge in [0.2, 0.25) is 0 Å². The molecule has 0 radical (unpaired) electrons. The lowest BCUT2D eigenvalue weighted by atomic mass is 9.99. The first-order chi connectivity index (χ1) is 9.08. The molecule has 19 heavy (non-hydrogen) atoms. The van der Waals surface area contributed by atoms with E-state index in [1.807, 2.05) is 25.1 Å². The van der Waals surface area contributed by atoms with E-state index in [9.17, 15) is 10.2 Å². The van der Waals surface area contributed by atoms with Crippen LogP contribution in [0.3, 0.4) is 0 Å². The van der Waals surface area contributed by atoms with Crippen LogP contribution < -0.4 is 4.74 Å². The zero-order valence-corrected chi connectivity index (χ0v) is 12.2. The maximum absolute atomic E-state index is 9.77. The monoisotopic (exact) mass is 266 g/mol. The summed E-state index contributed by atoms with van der Waals surface area (Å²) in [5, 5.41) is 19.3. The normalized spacial score (nSPS) is 14.2. The number of aryl methyl sites for hydroxylation is 2. The van der Waals surface area contributed by atoms with E-state index in [1.165, 1.54) is 11.1 Å². The molecule has 3 nitrogen and oxygen atoms in total. The second kappa shape index (κ2) is 8.18. The summed E-state index contributed by atoms with van der Waals surface area (Å²) in [6.45, 7) is 6.75. The Morgan fingerprint density at radius 1 is 1.16 bits per heavy atom. The second-order valence-corrected chi connectivity index (χ2v) is 5.02. The molecule has 0 saturated carbocycles. The van der Waals surface area contributed by atoms with Crippen molar-refractivity contribution in [3.05, 3.63) is 29.3 Å². The van der Waals surface area contributed by atoms with E-state index in [-0.39, 0.29) is 0 Å². The minimum Gasteiger partial charge on any atom is -0.494 e. The summed E-state index contributed by atoms with van der Waals surface area (Å²) in [6.07, 6.45) is 1.70. The van der Waals surface area contributed by atoms with Crippen molar-refractivity contribution >= 4 is 0 Å². The Labute approximate surface area is 116 Å². The molecule has 3 heteroatoms. The van der Waals surface area contributed by atoms with Gasteiger partial charge in [-0.05, 0) is 55.9 Å². The van der Waals surface area contributed by atoms with Crippen LogP contribution in [0.5, 0.6) is 5.75 Å². The topological polar surface area (TPSA) is 49.7 Å². The van der Waals surface area contributed by atoms with Crippen LogP contribution in [0.1, 0.15) is 44.2 Å². The minimum atomic E-state index is -0.639. The van der Waals surface area contributed by atoms with E-state index in [0.717, 1.165) is 25.2 Å². The van der Waals surface area contributed by atoms with E-state index < -0.39 is 12.2 Å². The van der Waals surface area contributed by atoms with Crippen LogP contribution in [-0.2, 0) is 6.42 Å². The molecular weight excluding hydrogens is 240 g/mol. The van der Waals surface area contributed by atoms with Gasteiger partial charge < -0.3 is 14.9 Å². The largest absolute Gasteiger partial charge is 0.494 e. The summed E-state index contributed by atoms with van der Waals surface area (Å²) in [7, 11) is 0. The second-order valence-electron chi connectivity index (χ2n) is 5.02. The molecule has 0 aliphatic rings. The predicted molar refractivity (Wildman–Crippen MR) is 77.6 cm³/mol. The van der Waals surface area contributed by atoms with Gasteiger partial charge in [-0.15, -0.1) is 0 Å². The van der Waals surface area contributed by atoms with Gasteiger partial charge in [0.1, 0.15) is 5.75 Å². The van der Waals surface area contributed by atoms with E-state index in [0.29, 0.717) is 12.8 Å². The standard InChI is InChI=1S/C16H26O3/c1-4-10-19-14-8-6-13(12(3)11-14)7-9-16(18)15(17)5-2/h6,8,11,15-18H,4-5,7,9-10H2,1-3H3. The lowest BCUT2D eigenvalue weighted by Crippen LogP contribution is -2.25. The number of rotatable bonds is 8. The molecule has 0 spiro atoms. The Bertz CT molecular complexity index is 376. The molecule has 0 saturated heterocycles. The number of aliphatic hydroxyl groups excluding tert-OH is 2. The van der Waals surface area contributed by atoms with E-state index in [2.05, 4.69) is 13.8 Å². The van der Waals surface area contributed by atoms with Gasteiger partial charge in [0.25, 0.3) is 0 Å². The van der Waals surface area contributed by atoms with Gasteiger partial charge in [-0.2, -0.15) is 0 Å². The molecule has 0 aliphatic heterocycles. The van der Waals surface area contributed by atoms with Gasteiger partial charge in [-0.1, -0.05) is 19.9 Å². The molecule has 108 valence electrons. The highest BCUT2D eigenvalue weighted by atomic mass is 16.5. The van der Waals surface area contributed by atoms with E-state index >= 15 is 0 Å².